The Hall–Kier alpha value is -2.20. The SMILES string of the molecule is CC#Cc1ccc2c(c1)C(C)(C)c1cc(N(C)C)ccc1-2. The largest absolute Gasteiger partial charge is 0.378 e. The molecule has 0 aromatic heterocycles. The van der Waals surface area contributed by atoms with Crippen LogP contribution in [-0.4, -0.2) is 14.1 Å². The van der Waals surface area contributed by atoms with Gasteiger partial charge in [-0.1, -0.05) is 31.9 Å². The Morgan fingerprint density at radius 1 is 0.905 bits per heavy atom. The van der Waals surface area contributed by atoms with E-state index in [0.717, 1.165) is 5.56 Å². The number of hydrogen-bond acceptors (Lipinski definition) is 1. The number of nitrogens with zero attached hydrogens (tertiary/aromatic N) is 1. The topological polar surface area (TPSA) is 3.24 Å². The molecule has 0 aliphatic heterocycles. The highest BCUT2D eigenvalue weighted by Gasteiger charge is 2.35. The maximum atomic E-state index is 3.17. The van der Waals surface area contributed by atoms with Crippen LogP contribution >= 0.6 is 0 Å². The lowest BCUT2D eigenvalue weighted by atomic mass is 9.82. The highest BCUT2D eigenvalue weighted by Crippen LogP contribution is 2.49. The first-order chi connectivity index (χ1) is 9.95. The summed E-state index contributed by atoms with van der Waals surface area (Å²) >= 11 is 0. The quantitative estimate of drug-likeness (QED) is 0.696. The van der Waals surface area contributed by atoms with Gasteiger partial charge in [0.1, 0.15) is 0 Å². The van der Waals surface area contributed by atoms with E-state index in [2.05, 4.69) is 81.1 Å². The standard InChI is InChI=1S/C20H21N/c1-6-7-14-8-10-16-17-11-9-15(21(4)5)13-19(17)20(2,3)18(16)12-14/h8-13H,1-5H3. The maximum Gasteiger partial charge on any atom is 0.0364 e. The summed E-state index contributed by atoms with van der Waals surface area (Å²) in [7, 11) is 4.18. The molecule has 0 atom stereocenters. The molecule has 106 valence electrons. The van der Waals surface area contributed by atoms with E-state index >= 15 is 0 Å². The van der Waals surface area contributed by atoms with Crippen molar-refractivity contribution in [3.05, 3.63) is 53.1 Å². The van der Waals surface area contributed by atoms with Crippen LogP contribution in [0.5, 0.6) is 0 Å². The molecule has 1 aliphatic rings. The van der Waals surface area contributed by atoms with Gasteiger partial charge in [0.2, 0.25) is 0 Å². The third-order valence-electron chi connectivity index (χ3n) is 4.45. The lowest BCUT2D eigenvalue weighted by Crippen LogP contribution is -2.16. The summed E-state index contributed by atoms with van der Waals surface area (Å²) in [6.07, 6.45) is 0. The van der Waals surface area contributed by atoms with Gasteiger partial charge in [0.15, 0.2) is 0 Å². The monoisotopic (exact) mass is 275 g/mol. The molecular weight excluding hydrogens is 254 g/mol. The normalized spacial score (nSPS) is 14.0. The van der Waals surface area contributed by atoms with Crippen LogP contribution in [0.2, 0.25) is 0 Å². The van der Waals surface area contributed by atoms with Crippen LogP contribution in [0, 0.1) is 11.8 Å². The average Bonchev–Trinajstić information content (AvgIpc) is 2.68. The smallest absolute Gasteiger partial charge is 0.0364 e. The molecule has 1 nitrogen and oxygen atoms in total. The minimum absolute atomic E-state index is 0.0299. The highest BCUT2D eigenvalue weighted by atomic mass is 15.1. The van der Waals surface area contributed by atoms with Crippen molar-refractivity contribution in [1.29, 1.82) is 0 Å². The first-order valence-electron chi connectivity index (χ1n) is 7.34. The molecule has 0 saturated heterocycles. The van der Waals surface area contributed by atoms with E-state index in [1.807, 2.05) is 6.92 Å². The summed E-state index contributed by atoms with van der Waals surface area (Å²) in [6, 6.07) is 13.4. The lowest BCUT2D eigenvalue weighted by molar-refractivity contribution is 0.660. The van der Waals surface area contributed by atoms with Crippen molar-refractivity contribution in [1.82, 2.24) is 0 Å². The molecule has 0 fully saturated rings. The molecule has 21 heavy (non-hydrogen) atoms. The fourth-order valence-electron chi connectivity index (χ4n) is 3.23. The molecule has 2 aromatic rings. The van der Waals surface area contributed by atoms with Gasteiger partial charge in [-0.05, 0) is 53.4 Å². The van der Waals surface area contributed by atoms with Gasteiger partial charge in [0, 0.05) is 30.8 Å². The van der Waals surface area contributed by atoms with Crippen molar-refractivity contribution >= 4 is 5.69 Å². The van der Waals surface area contributed by atoms with Crippen molar-refractivity contribution in [3.63, 3.8) is 0 Å². The maximum absolute atomic E-state index is 3.17. The summed E-state index contributed by atoms with van der Waals surface area (Å²) in [6.45, 7) is 6.50. The summed E-state index contributed by atoms with van der Waals surface area (Å²) in [5, 5.41) is 0. The van der Waals surface area contributed by atoms with Crippen LogP contribution < -0.4 is 4.90 Å². The molecule has 1 heteroatoms. The fraction of sp³-hybridized carbons (Fsp3) is 0.300. The van der Waals surface area contributed by atoms with Crippen LogP contribution in [0.3, 0.4) is 0 Å². The van der Waals surface area contributed by atoms with Gasteiger partial charge in [-0.25, -0.2) is 0 Å². The van der Waals surface area contributed by atoms with Crippen molar-refractivity contribution < 1.29 is 0 Å². The first-order valence-corrected chi connectivity index (χ1v) is 7.34. The average molecular weight is 275 g/mol. The van der Waals surface area contributed by atoms with Crippen LogP contribution in [0.25, 0.3) is 11.1 Å². The molecule has 0 radical (unpaired) electrons. The van der Waals surface area contributed by atoms with Crippen LogP contribution in [0.15, 0.2) is 36.4 Å². The second kappa shape index (κ2) is 4.67. The Labute approximate surface area is 127 Å². The molecule has 0 unspecified atom stereocenters. The Morgan fingerprint density at radius 2 is 1.52 bits per heavy atom. The molecular formula is C20H21N. The number of hydrogen-bond donors (Lipinski definition) is 0. The molecule has 3 rings (SSSR count). The second-order valence-electron chi connectivity index (χ2n) is 6.38. The summed E-state index contributed by atoms with van der Waals surface area (Å²) in [4.78, 5) is 2.16. The Kier molecular flexibility index (Phi) is 3.06. The Bertz CT molecular complexity index is 770. The summed E-state index contributed by atoms with van der Waals surface area (Å²) < 4.78 is 0. The summed E-state index contributed by atoms with van der Waals surface area (Å²) in [5.74, 6) is 6.16. The van der Waals surface area contributed by atoms with Crippen molar-refractivity contribution in [2.45, 2.75) is 26.2 Å². The molecule has 2 aromatic carbocycles. The van der Waals surface area contributed by atoms with E-state index in [4.69, 9.17) is 0 Å². The van der Waals surface area contributed by atoms with Gasteiger partial charge in [-0.2, -0.15) is 0 Å². The van der Waals surface area contributed by atoms with Gasteiger partial charge in [-0.3, -0.25) is 0 Å². The molecule has 1 aliphatic carbocycles. The van der Waals surface area contributed by atoms with Gasteiger partial charge >= 0.3 is 0 Å². The van der Waals surface area contributed by atoms with E-state index in [-0.39, 0.29) is 5.41 Å². The number of benzene rings is 2. The van der Waals surface area contributed by atoms with Gasteiger partial charge in [0.25, 0.3) is 0 Å². The third-order valence-corrected chi connectivity index (χ3v) is 4.45. The van der Waals surface area contributed by atoms with E-state index < -0.39 is 0 Å². The molecule has 0 N–H and O–H groups in total. The van der Waals surface area contributed by atoms with E-state index in [0.29, 0.717) is 0 Å². The Morgan fingerprint density at radius 3 is 2.14 bits per heavy atom. The Balaban J connectivity index is 2.23. The number of anilines is 1. The summed E-state index contributed by atoms with van der Waals surface area (Å²) in [5.41, 5.74) is 7.88. The molecule has 0 saturated carbocycles. The van der Waals surface area contributed by atoms with Crippen molar-refractivity contribution in [2.24, 2.45) is 0 Å². The van der Waals surface area contributed by atoms with Gasteiger partial charge in [0.05, 0.1) is 0 Å². The fourth-order valence-corrected chi connectivity index (χ4v) is 3.23. The van der Waals surface area contributed by atoms with Crippen LogP contribution in [0.4, 0.5) is 5.69 Å². The number of fused-ring (bicyclic) bond motifs is 3. The zero-order valence-electron chi connectivity index (χ0n) is 13.4. The van der Waals surface area contributed by atoms with E-state index in [1.165, 1.54) is 27.9 Å². The zero-order valence-corrected chi connectivity index (χ0v) is 13.4. The van der Waals surface area contributed by atoms with E-state index in [9.17, 15) is 0 Å². The minimum Gasteiger partial charge on any atom is -0.378 e. The second-order valence-corrected chi connectivity index (χ2v) is 6.38. The van der Waals surface area contributed by atoms with E-state index in [1.54, 1.807) is 0 Å². The third kappa shape index (κ3) is 2.03. The zero-order chi connectivity index (χ0) is 15.2. The number of rotatable bonds is 1. The molecule has 0 bridgehead atoms. The molecule has 0 spiro atoms. The van der Waals surface area contributed by atoms with Crippen molar-refractivity contribution in [2.75, 3.05) is 19.0 Å². The molecule has 0 heterocycles. The van der Waals surface area contributed by atoms with Crippen LogP contribution in [0.1, 0.15) is 37.5 Å². The predicted octanol–water partition coefficient (Wildman–Crippen LogP) is 4.43. The highest BCUT2D eigenvalue weighted by molar-refractivity contribution is 5.83. The minimum atomic E-state index is 0.0299. The first kappa shape index (κ1) is 13.8. The van der Waals surface area contributed by atoms with Crippen molar-refractivity contribution in [3.8, 4) is 23.0 Å². The van der Waals surface area contributed by atoms with Gasteiger partial charge in [-0.15, -0.1) is 5.92 Å². The molecule has 0 amide bonds. The van der Waals surface area contributed by atoms with Gasteiger partial charge < -0.3 is 4.90 Å². The predicted molar refractivity (Wildman–Crippen MR) is 90.9 cm³/mol. The lowest BCUT2D eigenvalue weighted by Gasteiger charge is -2.23. The van der Waals surface area contributed by atoms with Crippen LogP contribution in [-0.2, 0) is 5.41 Å².